The first kappa shape index (κ1) is 9.93. The van der Waals surface area contributed by atoms with Gasteiger partial charge in [0.15, 0.2) is 0 Å². The van der Waals surface area contributed by atoms with Gasteiger partial charge in [0.2, 0.25) is 0 Å². The lowest BCUT2D eigenvalue weighted by atomic mass is 9.39. The second-order valence-corrected chi connectivity index (χ2v) is 7.21. The van der Waals surface area contributed by atoms with Gasteiger partial charge in [-0.2, -0.15) is 0 Å². The molecule has 0 bridgehead atoms. The molecule has 3 aliphatic carbocycles. The van der Waals surface area contributed by atoms with Gasteiger partial charge in [-0.1, -0.05) is 32.4 Å². The Balaban J connectivity index is 2.09. The second kappa shape index (κ2) is 2.52. The normalized spacial score (nSPS) is 51.5. The van der Waals surface area contributed by atoms with E-state index in [4.69, 9.17) is 0 Å². The topological polar surface area (TPSA) is 0 Å². The van der Waals surface area contributed by atoms with Crippen LogP contribution in [-0.2, 0) is 0 Å². The van der Waals surface area contributed by atoms with Crippen LogP contribution in [0.2, 0.25) is 0 Å². The predicted molar refractivity (Wildman–Crippen MR) is 64.7 cm³/mol. The number of hydrogen-bond donors (Lipinski definition) is 0. The Kier molecular flexibility index (Phi) is 1.67. The van der Waals surface area contributed by atoms with Crippen LogP contribution in [0.15, 0.2) is 11.6 Å². The van der Waals surface area contributed by atoms with Gasteiger partial charge in [0, 0.05) is 5.41 Å². The lowest BCUT2D eigenvalue weighted by molar-refractivity contribution is -0.118. The lowest BCUT2D eigenvalue weighted by Gasteiger charge is -2.65. The minimum absolute atomic E-state index is 0.615. The zero-order valence-electron chi connectivity index (χ0n) is 10.7. The third-order valence-corrected chi connectivity index (χ3v) is 6.18. The summed E-state index contributed by atoms with van der Waals surface area (Å²) >= 11 is 0. The van der Waals surface area contributed by atoms with Gasteiger partial charge in [-0.3, -0.25) is 0 Å². The van der Waals surface area contributed by atoms with Crippen molar-refractivity contribution in [3.05, 3.63) is 11.6 Å². The van der Waals surface area contributed by atoms with E-state index in [0.29, 0.717) is 16.2 Å². The molecular formula is C15H24. The molecule has 2 saturated carbocycles. The van der Waals surface area contributed by atoms with Crippen LogP contribution in [0.4, 0.5) is 0 Å². The molecule has 0 heterocycles. The maximum atomic E-state index is 2.57. The maximum Gasteiger partial charge on any atom is 0.000146 e. The average molecular weight is 204 g/mol. The summed E-state index contributed by atoms with van der Waals surface area (Å²) in [6.07, 6.45) is 9.72. The van der Waals surface area contributed by atoms with Crippen LogP contribution in [0.25, 0.3) is 0 Å². The van der Waals surface area contributed by atoms with E-state index in [-0.39, 0.29) is 0 Å². The molecule has 0 N–H and O–H groups in total. The van der Waals surface area contributed by atoms with Crippen LogP contribution in [0, 0.1) is 22.2 Å². The molecule has 2 fully saturated rings. The van der Waals surface area contributed by atoms with E-state index in [9.17, 15) is 0 Å². The van der Waals surface area contributed by atoms with Gasteiger partial charge in [0.05, 0.1) is 0 Å². The molecule has 3 atom stereocenters. The van der Waals surface area contributed by atoms with Crippen molar-refractivity contribution >= 4 is 0 Å². The molecular weight excluding hydrogens is 180 g/mol. The minimum Gasteiger partial charge on any atom is -0.0850 e. The highest BCUT2D eigenvalue weighted by atomic mass is 14.7. The Hall–Kier alpha value is -0.260. The van der Waals surface area contributed by atoms with Crippen LogP contribution in [0.3, 0.4) is 0 Å². The first-order valence-corrected chi connectivity index (χ1v) is 6.60. The Morgan fingerprint density at radius 1 is 1.20 bits per heavy atom. The van der Waals surface area contributed by atoms with E-state index in [0.717, 1.165) is 5.92 Å². The SMILES string of the molecule is CC1=CCCC2(C)CCC3C(C)(C)CC132. The Morgan fingerprint density at radius 3 is 2.60 bits per heavy atom. The quantitative estimate of drug-likeness (QED) is 0.507. The van der Waals surface area contributed by atoms with Gasteiger partial charge in [-0.05, 0) is 55.8 Å². The number of rotatable bonds is 0. The molecule has 0 heteroatoms. The van der Waals surface area contributed by atoms with E-state index in [1.165, 1.54) is 32.1 Å². The smallest absolute Gasteiger partial charge is 0.000146 e. The van der Waals surface area contributed by atoms with Crippen molar-refractivity contribution in [2.45, 2.75) is 59.8 Å². The van der Waals surface area contributed by atoms with Crippen molar-refractivity contribution in [1.82, 2.24) is 0 Å². The fraction of sp³-hybridized carbons (Fsp3) is 0.867. The summed E-state index contributed by atoms with van der Waals surface area (Å²) < 4.78 is 0. The predicted octanol–water partition coefficient (Wildman–Crippen LogP) is 4.56. The highest BCUT2D eigenvalue weighted by Gasteiger charge is 2.69. The van der Waals surface area contributed by atoms with Crippen molar-refractivity contribution in [2.75, 3.05) is 0 Å². The molecule has 0 aromatic carbocycles. The zero-order valence-corrected chi connectivity index (χ0v) is 10.7. The molecule has 84 valence electrons. The third-order valence-electron chi connectivity index (χ3n) is 6.18. The van der Waals surface area contributed by atoms with E-state index >= 15 is 0 Å². The number of allylic oxidation sites excluding steroid dienone is 2. The summed E-state index contributed by atoms with van der Waals surface area (Å²) in [5.41, 5.74) is 3.61. The van der Waals surface area contributed by atoms with Crippen LogP contribution in [0.1, 0.15) is 59.8 Å². The zero-order chi connectivity index (χ0) is 10.9. The minimum atomic E-state index is 0.615. The van der Waals surface area contributed by atoms with Gasteiger partial charge in [0.1, 0.15) is 0 Å². The van der Waals surface area contributed by atoms with E-state index in [1.54, 1.807) is 5.57 Å². The molecule has 0 aromatic heterocycles. The third kappa shape index (κ3) is 0.905. The Bertz CT molecular complexity index is 336. The van der Waals surface area contributed by atoms with Crippen molar-refractivity contribution in [3.8, 4) is 0 Å². The lowest BCUT2D eigenvalue weighted by Crippen LogP contribution is -2.58. The van der Waals surface area contributed by atoms with Crippen molar-refractivity contribution < 1.29 is 0 Å². The van der Waals surface area contributed by atoms with Crippen LogP contribution < -0.4 is 0 Å². The molecule has 0 aromatic rings. The molecule has 3 aliphatic rings. The fourth-order valence-electron chi connectivity index (χ4n) is 5.49. The van der Waals surface area contributed by atoms with E-state index in [1.807, 2.05) is 0 Å². The van der Waals surface area contributed by atoms with Crippen LogP contribution >= 0.6 is 0 Å². The standard InChI is InChI=1S/C15H24/c1-11-6-5-8-14(4)9-7-12-13(2,3)10-15(11,12)14/h6,12H,5,7-10H2,1-4H3. The summed E-state index contributed by atoms with van der Waals surface area (Å²) in [6.45, 7) is 9.94. The molecule has 1 spiro atoms. The molecule has 15 heavy (non-hydrogen) atoms. The Morgan fingerprint density at radius 2 is 1.93 bits per heavy atom. The van der Waals surface area contributed by atoms with Gasteiger partial charge in [-0.25, -0.2) is 0 Å². The Labute approximate surface area is 94.1 Å². The molecule has 0 amide bonds. The fourth-order valence-corrected chi connectivity index (χ4v) is 5.49. The van der Waals surface area contributed by atoms with E-state index in [2.05, 4.69) is 33.8 Å². The molecule has 0 saturated heterocycles. The largest absolute Gasteiger partial charge is 0.0850 e. The molecule has 0 radical (unpaired) electrons. The maximum absolute atomic E-state index is 2.57. The summed E-state index contributed by atoms with van der Waals surface area (Å²) in [5, 5.41) is 0. The molecule has 3 rings (SSSR count). The van der Waals surface area contributed by atoms with Gasteiger partial charge in [0.25, 0.3) is 0 Å². The van der Waals surface area contributed by atoms with Crippen molar-refractivity contribution in [3.63, 3.8) is 0 Å². The molecule has 0 nitrogen and oxygen atoms in total. The van der Waals surface area contributed by atoms with Gasteiger partial charge >= 0.3 is 0 Å². The van der Waals surface area contributed by atoms with E-state index < -0.39 is 0 Å². The van der Waals surface area contributed by atoms with Crippen molar-refractivity contribution in [1.29, 1.82) is 0 Å². The van der Waals surface area contributed by atoms with Gasteiger partial charge < -0.3 is 0 Å². The first-order valence-electron chi connectivity index (χ1n) is 6.60. The van der Waals surface area contributed by atoms with Crippen LogP contribution in [0.5, 0.6) is 0 Å². The van der Waals surface area contributed by atoms with Crippen molar-refractivity contribution in [2.24, 2.45) is 22.2 Å². The summed E-state index contributed by atoms with van der Waals surface area (Å²) in [6, 6.07) is 0. The molecule has 3 unspecified atom stereocenters. The highest BCUT2D eigenvalue weighted by Crippen LogP contribution is 2.78. The summed E-state index contributed by atoms with van der Waals surface area (Å²) in [5.74, 6) is 0.978. The molecule has 0 aliphatic heterocycles. The highest BCUT2D eigenvalue weighted by molar-refractivity contribution is 5.32. The second-order valence-electron chi connectivity index (χ2n) is 7.21. The van der Waals surface area contributed by atoms with Gasteiger partial charge in [-0.15, -0.1) is 0 Å². The monoisotopic (exact) mass is 204 g/mol. The first-order chi connectivity index (χ1) is 6.92. The summed E-state index contributed by atoms with van der Waals surface area (Å²) in [4.78, 5) is 0. The summed E-state index contributed by atoms with van der Waals surface area (Å²) in [7, 11) is 0. The van der Waals surface area contributed by atoms with Crippen LogP contribution in [-0.4, -0.2) is 0 Å². The number of hydrogen-bond acceptors (Lipinski definition) is 0. The average Bonchev–Trinajstić information content (AvgIpc) is 2.37.